The van der Waals surface area contributed by atoms with Crippen molar-refractivity contribution >= 4 is 22.5 Å². The van der Waals surface area contributed by atoms with E-state index in [-0.39, 0.29) is 11.8 Å². The zero-order valence-electron chi connectivity index (χ0n) is 14.6. The number of hydrogen-bond acceptors (Lipinski definition) is 3. The highest BCUT2D eigenvalue weighted by Crippen LogP contribution is 2.26. The number of carbonyl (C=O) groups is 1. The van der Waals surface area contributed by atoms with Crippen LogP contribution in [-0.4, -0.2) is 11.0 Å². The second-order valence-electron chi connectivity index (χ2n) is 6.25. The average molecular weight is 369 g/mol. The molecule has 6 heteroatoms. The summed E-state index contributed by atoms with van der Waals surface area (Å²) in [5.41, 5.74) is 3.96. The van der Waals surface area contributed by atoms with E-state index in [2.05, 4.69) is 41.6 Å². The van der Waals surface area contributed by atoms with Gasteiger partial charge in [0.1, 0.15) is 5.82 Å². The summed E-state index contributed by atoms with van der Waals surface area (Å²) in [7, 11) is 0. The second kappa shape index (κ2) is 8.10. The molecule has 1 heterocycles. The maximum atomic E-state index is 12.9. The number of anilines is 1. The van der Waals surface area contributed by atoms with E-state index in [9.17, 15) is 9.18 Å². The summed E-state index contributed by atoms with van der Waals surface area (Å²) in [6.45, 7) is 4.63. The Kier molecular flexibility index (Phi) is 5.63. The normalized spacial score (nSPS) is 10.8. The molecule has 0 saturated carbocycles. The molecule has 0 saturated heterocycles. The number of urea groups is 1. The molecule has 134 valence electrons. The van der Waals surface area contributed by atoms with Gasteiger partial charge in [0.15, 0.2) is 5.13 Å². The molecule has 4 nitrogen and oxygen atoms in total. The van der Waals surface area contributed by atoms with Crippen LogP contribution in [-0.2, 0) is 6.54 Å². The van der Waals surface area contributed by atoms with Crippen LogP contribution in [0, 0.1) is 5.82 Å². The fourth-order valence-corrected chi connectivity index (χ4v) is 3.14. The third kappa shape index (κ3) is 4.67. The number of rotatable bonds is 5. The van der Waals surface area contributed by atoms with Gasteiger partial charge in [-0.1, -0.05) is 50.2 Å². The number of nitrogens with zero attached hydrogens (tertiary/aromatic N) is 1. The van der Waals surface area contributed by atoms with Crippen LogP contribution < -0.4 is 10.6 Å². The average Bonchev–Trinajstić information content (AvgIpc) is 3.10. The van der Waals surface area contributed by atoms with Crippen molar-refractivity contribution in [1.82, 2.24) is 10.3 Å². The zero-order chi connectivity index (χ0) is 18.5. The van der Waals surface area contributed by atoms with Crippen LogP contribution >= 0.6 is 11.3 Å². The van der Waals surface area contributed by atoms with Crippen LogP contribution in [0.1, 0.15) is 30.9 Å². The van der Waals surface area contributed by atoms with Crippen molar-refractivity contribution in [2.75, 3.05) is 5.32 Å². The Bertz CT molecular complexity index is 873. The lowest BCUT2D eigenvalue weighted by atomic mass is 10.0. The van der Waals surface area contributed by atoms with Crippen molar-refractivity contribution in [3.8, 4) is 11.3 Å². The lowest BCUT2D eigenvalue weighted by Crippen LogP contribution is -2.28. The van der Waals surface area contributed by atoms with E-state index in [1.54, 1.807) is 12.1 Å². The number of thiazole rings is 1. The molecule has 0 fully saturated rings. The van der Waals surface area contributed by atoms with Crippen molar-refractivity contribution in [2.24, 2.45) is 0 Å². The molecule has 0 aliphatic rings. The fraction of sp³-hybridized carbons (Fsp3) is 0.200. The lowest BCUT2D eigenvalue weighted by molar-refractivity contribution is 0.251. The molecule has 0 radical (unpaired) electrons. The van der Waals surface area contributed by atoms with Gasteiger partial charge in [-0.2, -0.15) is 0 Å². The van der Waals surface area contributed by atoms with Crippen LogP contribution in [0.2, 0.25) is 0 Å². The van der Waals surface area contributed by atoms with Gasteiger partial charge in [0.25, 0.3) is 0 Å². The standard InChI is InChI=1S/C20H20FN3OS/c1-13(2)15-5-7-16(8-6-15)18-12-26-20(23-18)24-19(25)22-11-14-3-9-17(21)10-4-14/h3-10,12-13H,11H2,1-2H3,(H2,22,23,24,25). The van der Waals surface area contributed by atoms with Gasteiger partial charge in [-0.3, -0.25) is 5.32 Å². The summed E-state index contributed by atoms with van der Waals surface area (Å²) in [6, 6.07) is 14.0. The summed E-state index contributed by atoms with van der Waals surface area (Å²) in [5, 5.41) is 7.91. The molecule has 0 aliphatic heterocycles. The van der Waals surface area contributed by atoms with Crippen LogP contribution in [0.15, 0.2) is 53.9 Å². The maximum Gasteiger partial charge on any atom is 0.321 e. The van der Waals surface area contributed by atoms with Crippen LogP contribution in [0.3, 0.4) is 0 Å². The number of hydrogen-bond donors (Lipinski definition) is 2. The van der Waals surface area contributed by atoms with Crippen molar-refractivity contribution in [2.45, 2.75) is 26.3 Å². The topological polar surface area (TPSA) is 54.0 Å². The highest BCUT2D eigenvalue weighted by molar-refractivity contribution is 7.14. The van der Waals surface area contributed by atoms with E-state index in [4.69, 9.17) is 0 Å². The molecule has 3 rings (SSSR count). The number of carbonyl (C=O) groups excluding carboxylic acids is 1. The van der Waals surface area contributed by atoms with E-state index in [0.29, 0.717) is 17.6 Å². The summed E-state index contributed by atoms with van der Waals surface area (Å²) >= 11 is 1.37. The third-order valence-electron chi connectivity index (χ3n) is 3.96. The van der Waals surface area contributed by atoms with Gasteiger partial charge in [-0.05, 0) is 29.2 Å². The molecule has 2 aromatic carbocycles. The minimum Gasteiger partial charge on any atom is -0.334 e. The monoisotopic (exact) mass is 369 g/mol. The zero-order valence-corrected chi connectivity index (χ0v) is 15.4. The van der Waals surface area contributed by atoms with Crippen molar-refractivity contribution < 1.29 is 9.18 Å². The predicted molar refractivity (Wildman–Crippen MR) is 104 cm³/mol. The predicted octanol–water partition coefficient (Wildman–Crippen LogP) is 5.39. The summed E-state index contributed by atoms with van der Waals surface area (Å²) < 4.78 is 12.9. The molecule has 0 bridgehead atoms. The first-order valence-corrected chi connectivity index (χ1v) is 9.24. The Morgan fingerprint density at radius 2 is 1.81 bits per heavy atom. The molecule has 1 aromatic heterocycles. The maximum absolute atomic E-state index is 12.9. The summed E-state index contributed by atoms with van der Waals surface area (Å²) in [6.07, 6.45) is 0. The van der Waals surface area contributed by atoms with E-state index < -0.39 is 0 Å². The molecule has 2 N–H and O–H groups in total. The molecule has 3 aromatic rings. The molecule has 0 unspecified atom stereocenters. The van der Waals surface area contributed by atoms with Crippen molar-refractivity contribution in [3.63, 3.8) is 0 Å². The Balaban J connectivity index is 1.57. The van der Waals surface area contributed by atoms with Crippen molar-refractivity contribution in [1.29, 1.82) is 0 Å². The molecular formula is C20H20FN3OS. The Morgan fingerprint density at radius 1 is 1.12 bits per heavy atom. The number of benzene rings is 2. The van der Waals surface area contributed by atoms with E-state index >= 15 is 0 Å². The molecule has 2 amide bonds. The van der Waals surface area contributed by atoms with E-state index in [1.165, 1.54) is 29.0 Å². The van der Waals surface area contributed by atoms with Gasteiger partial charge in [-0.15, -0.1) is 11.3 Å². The van der Waals surface area contributed by atoms with Crippen LogP contribution in [0.4, 0.5) is 14.3 Å². The minimum atomic E-state index is -0.342. The first-order valence-electron chi connectivity index (χ1n) is 8.36. The summed E-state index contributed by atoms with van der Waals surface area (Å²) in [5.74, 6) is 0.191. The van der Waals surface area contributed by atoms with E-state index in [0.717, 1.165) is 16.8 Å². The number of amides is 2. The molecule has 0 spiro atoms. The quantitative estimate of drug-likeness (QED) is 0.633. The first-order chi connectivity index (χ1) is 12.5. The Labute approximate surface area is 156 Å². The fourth-order valence-electron chi connectivity index (χ4n) is 2.43. The SMILES string of the molecule is CC(C)c1ccc(-c2csc(NC(=O)NCc3ccc(F)cc3)n2)cc1. The smallest absolute Gasteiger partial charge is 0.321 e. The van der Waals surface area contributed by atoms with Crippen LogP contribution in [0.25, 0.3) is 11.3 Å². The molecule has 0 aliphatic carbocycles. The van der Waals surface area contributed by atoms with Gasteiger partial charge in [-0.25, -0.2) is 14.2 Å². The van der Waals surface area contributed by atoms with Gasteiger partial charge >= 0.3 is 6.03 Å². The van der Waals surface area contributed by atoms with Crippen molar-refractivity contribution in [3.05, 3.63) is 70.9 Å². The first kappa shape index (κ1) is 18.1. The largest absolute Gasteiger partial charge is 0.334 e. The second-order valence-corrected chi connectivity index (χ2v) is 7.11. The molecular weight excluding hydrogens is 349 g/mol. The number of halogens is 1. The highest BCUT2D eigenvalue weighted by atomic mass is 32.1. The summed E-state index contributed by atoms with van der Waals surface area (Å²) in [4.78, 5) is 16.4. The van der Waals surface area contributed by atoms with Gasteiger partial charge in [0, 0.05) is 17.5 Å². The highest BCUT2D eigenvalue weighted by Gasteiger charge is 2.08. The number of aromatic nitrogens is 1. The Hall–Kier alpha value is -2.73. The van der Waals surface area contributed by atoms with Gasteiger partial charge in [0.05, 0.1) is 5.69 Å². The van der Waals surface area contributed by atoms with Gasteiger partial charge in [0.2, 0.25) is 0 Å². The number of nitrogens with one attached hydrogen (secondary N) is 2. The van der Waals surface area contributed by atoms with Crippen LogP contribution in [0.5, 0.6) is 0 Å². The van der Waals surface area contributed by atoms with E-state index in [1.807, 2.05) is 17.5 Å². The molecule has 26 heavy (non-hydrogen) atoms. The third-order valence-corrected chi connectivity index (χ3v) is 4.72. The van der Waals surface area contributed by atoms with Gasteiger partial charge < -0.3 is 5.32 Å². The Morgan fingerprint density at radius 3 is 2.46 bits per heavy atom. The lowest BCUT2D eigenvalue weighted by Gasteiger charge is -2.06. The molecule has 0 atom stereocenters. The minimum absolute atomic E-state index is 0.296.